The molecule has 0 aromatic heterocycles. The summed E-state index contributed by atoms with van der Waals surface area (Å²) in [6.45, 7) is 0. The summed E-state index contributed by atoms with van der Waals surface area (Å²) in [4.78, 5) is 22.7. The third-order valence-corrected chi connectivity index (χ3v) is 4.06. The van der Waals surface area contributed by atoms with Crippen LogP contribution in [0.1, 0.15) is 44.1 Å². The van der Waals surface area contributed by atoms with Gasteiger partial charge in [-0.15, -0.1) is 0 Å². The molecule has 1 saturated carbocycles. The molecule has 0 heterocycles. The molecule has 1 fully saturated rings. The van der Waals surface area contributed by atoms with Crippen molar-refractivity contribution in [2.45, 2.75) is 50.5 Å². The van der Waals surface area contributed by atoms with Gasteiger partial charge in [-0.3, -0.25) is 9.59 Å². The topological polar surface area (TPSA) is 66.4 Å². The number of halogens is 2. The quantitative estimate of drug-likeness (QED) is 0.814. The Labute approximate surface area is 127 Å². The van der Waals surface area contributed by atoms with Gasteiger partial charge in [-0.1, -0.05) is 6.07 Å². The highest BCUT2D eigenvalue weighted by molar-refractivity contribution is 5.78. The van der Waals surface area contributed by atoms with Crippen molar-refractivity contribution < 1.29 is 23.5 Å². The summed E-state index contributed by atoms with van der Waals surface area (Å²) in [6, 6.07) is 3.69. The molecule has 0 spiro atoms. The second-order valence-corrected chi connectivity index (χ2v) is 5.85. The molecule has 0 saturated heterocycles. The number of carbonyl (C=O) groups excluding carboxylic acids is 1. The number of amides is 1. The summed E-state index contributed by atoms with van der Waals surface area (Å²) in [5, 5.41) is 11.7. The van der Waals surface area contributed by atoms with E-state index in [0.29, 0.717) is 31.2 Å². The van der Waals surface area contributed by atoms with Gasteiger partial charge in [-0.05, 0) is 49.8 Å². The maximum atomic E-state index is 13.1. The van der Waals surface area contributed by atoms with Gasteiger partial charge in [-0.2, -0.15) is 0 Å². The van der Waals surface area contributed by atoms with Crippen molar-refractivity contribution in [1.29, 1.82) is 0 Å². The smallest absolute Gasteiger partial charge is 0.305 e. The molecule has 120 valence electrons. The molecule has 1 aliphatic rings. The van der Waals surface area contributed by atoms with Crippen molar-refractivity contribution in [3.8, 4) is 0 Å². The summed E-state index contributed by atoms with van der Waals surface area (Å²) in [5.74, 6) is -2.88. The lowest BCUT2D eigenvalue weighted by molar-refractivity contribution is -0.140. The Morgan fingerprint density at radius 3 is 2.50 bits per heavy atom. The molecule has 4 nitrogen and oxygen atoms in total. The van der Waals surface area contributed by atoms with Crippen LogP contribution in [0, 0.1) is 11.6 Å². The van der Waals surface area contributed by atoms with Crippen LogP contribution < -0.4 is 5.32 Å². The van der Waals surface area contributed by atoms with Crippen LogP contribution >= 0.6 is 0 Å². The van der Waals surface area contributed by atoms with Crippen LogP contribution in [0.25, 0.3) is 0 Å². The van der Waals surface area contributed by atoms with Crippen molar-refractivity contribution in [2.24, 2.45) is 0 Å². The van der Waals surface area contributed by atoms with Crippen LogP contribution in [0.4, 0.5) is 8.78 Å². The van der Waals surface area contributed by atoms with E-state index < -0.39 is 23.1 Å². The van der Waals surface area contributed by atoms with Gasteiger partial charge >= 0.3 is 5.97 Å². The first-order chi connectivity index (χ1) is 10.4. The van der Waals surface area contributed by atoms with Gasteiger partial charge in [-0.25, -0.2) is 8.78 Å². The minimum Gasteiger partial charge on any atom is -0.481 e. The number of hydrogen-bond donors (Lipinski definition) is 2. The molecule has 2 N–H and O–H groups in total. The Balaban J connectivity index is 1.77. The molecule has 1 aromatic carbocycles. The van der Waals surface area contributed by atoms with Crippen LogP contribution in [0.5, 0.6) is 0 Å². The van der Waals surface area contributed by atoms with Crippen molar-refractivity contribution in [3.63, 3.8) is 0 Å². The van der Waals surface area contributed by atoms with E-state index >= 15 is 0 Å². The van der Waals surface area contributed by atoms with E-state index in [-0.39, 0.29) is 18.7 Å². The zero-order valence-electron chi connectivity index (χ0n) is 12.2. The van der Waals surface area contributed by atoms with Crippen molar-refractivity contribution >= 4 is 11.9 Å². The first-order valence-corrected chi connectivity index (χ1v) is 7.37. The molecule has 0 atom stereocenters. The number of carboxylic acids is 1. The summed E-state index contributed by atoms with van der Waals surface area (Å²) in [6.07, 6.45) is 3.45. The predicted octanol–water partition coefficient (Wildman–Crippen LogP) is 2.80. The van der Waals surface area contributed by atoms with Crippen LogP contribution in [-0.2, 0) is 16.0 Å². The van der Waals surface area contributed by atoms with Gasteiger partial charge in [0.2, 0.25) is 5.91 Å². The molecule has 22 heavy (non-hydrogen) atoms. The van der Waals surface area contributed by atoms with Crippen molar-refractivity contribution in [1.82, 2.24) is 5.32 Å². The van der Waals surface area contributed by atoms with Crippen LogP contribution in [0.2, 0.25) is 0 Å². The molecule has 1 aromatic rings. The standard InChI is InChI=1S/C16H19F2NO3/c17-12-6-5-11(9-13(12)18)3-1-4-14(20)19-16(7-2-8-16)10-15(21)22/h5-6,9H,1-4,7-8,10H2,(H,19,20)(H,21,22). The van der Waals surface area contributed by atoms with E-state index in [9.17, 15) is 18.4 Å². The first-order valence-electron chi connectivity index (χ1n) is 7.37. The molecule has 1 amide bonds. The number of rotatable bonds is 7. The third-order valence-electron chi connectivity index (χ3n) is 4.06. The lowest BCUT2D eigenvalue weighted by Crippen LogP contribution is -2.54. The molecular formula is C16H19F2NO3. The minimum atomic E-state index is -0.915. The normalized spacial score (nSPS) is 15.9. The number of hydrogen-bond acceptors (Lipinski definition) is 2. The van der Waals surface area contributed by atoms with Crippen LogP contribution in [-0.4, -0.2) is 22.5 Å². The monoisotopic (exact) mass is 311 g/mol. The van der Waals surface area contributed by atoms with Crippen LogP contribution in [0.3, 0.4) is 0 Å². The third kappa shape index (κ3) is 4.26. The van der Waals surface area contributed by atoms with Gasteiger partial charge in [0.15, 0.2) is 11.6 Å². The van der Waals surface area contributed by atoms with E-state index in [1.165, 1.54) is 6.07 Å². The zero-order chi connectivity index (χ0) is 16.2. The van der Waals surface area contributed by atoms with Gasteiger partial charge in [0, 0.05) is 6.42 Å². The Hall–Kier alpha value is -1.98. The minimum absolute atomic E-state index is 0.0537. The Morgan fingerprint density at radius 2 is 1.95 bits per heavy atom. The summed E-state index contributed by atoms with van der Waals surface area (Å²) in [7, 11) is 0. The number of carboxylic acid groups (broad SMARTS) is 1. The molecule has 0 radical (unpaired) electrons. The Bertz CT molecular complexity index is 571. The van der Waals surface area contributed by atoms with Crippen molar-refractivity contribution in [2.75, 3.05) is 0 Å². The fourth-order valence-electron chi connectivity index (χ4n) is 2.75. The number of benzene rings is 1. The maximum absolute atomic E-state index is 13.1. The highest BCUT2D eigenvalue weighted by atomic mass is 19.2. The van der Waals surface area contributed by atoms with Gasteiger partial charge in [0.05, 0.1) is 12.0 Å². The van der Waals surface area contributed by atoms with E-state index in [0.717, 1.165) is 18.6 Å². The number of carbonyl (C=O) groups is 2. The van der Waals surface area contributed by atoms with Crippen molar-refractivity contribution in [3.05, 3.63) is 35.4 Å². The average Bonchev–Trinajstić information content (AvgIpc) is 2.40. The summed E-state index contributed by atoms with van der Waals surface area (Å²) < 4.78 is 25.8. The highest BCUT2D eigenvalue weighted by Crippen LogP contribution is 2.35. The lowest BCUT2D eigenvalue weighted by atomic mass is 9.74. The van der Waals surface area contributed by atoms with E-state index in [2.05, 4.69) is 5.32 Å². The van der Waals surface area contributed by atoms with E-state index in [1.54, 1.807) is 0 Å². The summed E-state index contributed by atoms with van der Waals surface area (Å²) >= 11 is 0. The number of nitrogens with one attached hydrogen (secondary N) is 1. The first kappa shape index (κ1) is 16.4. The highest BCUT2D eigenvalue weighted by Gasteiger charge is 2.40. The zero-order valence-corrected chi connectivity index (χ0v) is 12.2. The number of aliphatic carboxylic acids is 1. The number of aryl methyl sites for hydroxylation is 1. The fourth-order valence-corrected chi connectivity index (χ4v) is 2.75. The fraction of sp³-hybridized carbons (Fsp3) is 0.500. The van der Waals surface area contributed by atoms with Gasteiger partial charge < -0.3 is 10.4 Å². The lowest BCUT2D eigenvalue weighted by Gasteiger charge is -2.41. The van der Waals surface area contributed by atoms with Gasteiger partial charge in [0.25, 0.3) is 0 Å². The predicted molar refractivity (Wildman–Crippen MR) is 76.3 cm³/mol. The van der Waals surface area contributed by atoms with Crippen LogP contribution in [0.15, 0.2) is 18.2 Å². The van der Waals surface area contributed by atoms with E-state index in [4.69, 9.17) is 5.11 Å². The van der Waals surface area contributed by atoms with Gasteiger partial charge in [0.1, 0.15) is 0 Å². The summed E-state index contributed by atoms with van der Waals surface area (Å²) in [5.41, 5.74) is 0.0424. The second-order valence-electron chi connectivity index (χ2n) is 5.85. The maximum Gasteiger partial charge on any atom is 0.305 e. The Kier molecular flexibility index (Phi) is 5.11. The van der Waals surface area contributed by atoms with E-state index in [1.807, 2.05) is 0 Å². The molecule has 6 heteroatoms. The molecule has 2 rings (SSSR count). The second kappa shape index (κ2) is 6.85. The Morgan fingerprint density at radius 1 is 1.23 bits per heavy atom. The average molecular weight is 311 g/mol. The molecular weight excluding hydrogens is 292 g/mol. The molecule has 1 aliphatic carbocycles. The SMILES string of the molecule is O=C(O)CC1(NC(=O)CCCc2ccc(F)c(F)c2)CCC1. The molecule has 0 aliphatic heterocycles. The largest absolute Gasteiger partial charge is 0.481 e. The molecule has 0 bridgehead atoms. The molecule has 0 unspecified atom stereocenters.